The van der Waals surface area contributed by atoms with Gasteiger partial charge in [-0.1, -0.05) is 18.2 Å². The largest absolute Gasteiger partial charge is 0.379 e. The highest BCUT2D eigenvalue weighted by molar-refractivity contribution is 6.04. The van der Waals surface area contributed by atoms with Crippen molar-refractivity contribution in [3.05, 3.63) is 53.2 Å². The summed E-state index contributed by atoms with van der Waals surface area (Å²) in [5.41, 5.74) is 3.51. The molecule has 0 spiro atoms. The standard InChI is InChI=1S/C20H26N4O2/c1-15-4-3-5-16(2)19(15)23-20(25)17-6-7-18(22-14-17)21-8-9-24-10-12-26-13-11-24/h3-7,14H,8-13H2,1-2H3,(H,21,22)(H,23,25). The normalized spacial score (nSPS) is 14.8. The van der Waals surface area contributed by atoms with Gasteiger partial charge in [0.1, 0.15) is 5.82 Å². The molecule has 138 valence electrons. The number of carbonyl (C=O) groups is 1. The lowest BCUT2D eigenvalue weighted by Gasteiger charge is -2.26. The van der Waals surface area contributed by atoms with Crippen LogP contribution < -0.4 is 10.6 Å². The molecule has 1 aromatic carbocycles. The molecule has 1 aromatic heterocycles. The zero-order valence-electron chi connectivity index (χ0n) is 15.4. The second-order valence-corrected chi connectivity index (χ2v) is 6.53. The molecule has 1 saturated heterocycles. The summed E-state index contributed by atoms with van der Waals surface area (Å²) in [5.74, 6) is 0.636. The van der Waals surface area contributed by atoms with E-state index < -0.39 is 0 Å². The molecule has 0 bridgehead atoms. The Bertz CT molecular complexity index is 720. The zero-order chi connectivity index (χ0) is 18.4. The number of nitrogens with one attached hydrogen (secondary N) is 2. The first-order valence-electron chi connectivity index (χ1n) is 9.01. The average Bonchev–Trinajstić information content (AvgIpc) is 2.66. The number of rotatable bonds is 6. The van der Waals surface area contributed by atoms with E-state index in [0.29, 0.717) is 5.56 Å². The minimum Gasteiger partial charge on any atom is -0.379 e. The topological polar surface area (TPSA) is 66.5 Å². The Morgan fingerprint density at radius 3 is 2.54 bits per heavy atom. The van der Waals surface area contributed by atoms with Gasteiger partial charge in [0.15, 0.2) is 0 Å². The molecule has 0 saturated carbocycles. The van der Waals surface area contributed by atoms with Crippen molar-refractivity contribution in [2.75, 3.05) is 50.0 Å². The van der Waals surface area contributed by atoms with Crippen LogP contribution in [-0.2, 0) is 4.74 Å². The van der Waals surface area contributed by atoms with Gasteiger partial charge in [-0.2, -0.15) is 0 Å². The number of benzene rings is 1. The molecule has 0 atom stereocenters. The second kappa shape index (κ2) is 8.78. The van der Waals surface area contributed by atoms with Crippen LogP contribution in [-0.4, -0.2) is 55.2 Å². The fourth-order valence-electron chi connectivity index (χ4n) is 3.00. The Balaban J connectivity index is 1.52. The van der Waals surface area contributed by atoms with Gasteiger partial charge >= 0.3 is 0 Å². The lowest BCUT2D eigenvalue weighted by atomic mass is 10.1. The molecular weight excluding hydrogens is 328 g/mol. The van der Waals surface area contributed by atoms with Crippen molar-refractivity contribution in [1.29, 1.82) is 0 Å². The molecular formula is C20H26N4O2. The molecule has 1 fully saturated rings. The summed E-state index contributed by atoms with van der Waals surface area (Å²) >= 11 is 0. The smallest absolute Gasteiger partial charge is 0.257 e. The Morgan fingerprint density at radius 2 is 1.88 bits per heavy atom. The molecule has 1 aliphatic rings. The van der Waals surface area contributed by atoms with Crippen molar-refractivity contribution in [2.24, 2.45) is 0 Å². The zero-order valence-corrected chi connectivity index (χ0v) is 15.4. The van der Waals surface area contributed by atoms with Crippen LogP contribution in [0.5, 0.6) is 0 Å². The summed E-state index contributed by atoms with van der Waals surface area (Å²) in [6.07, 6.45) is 1.61. The van der Waals surface area contributed by atoms with E-state index in [-0.39, 0.29) is 5.91 Å². The molecule has 0 radical (unpaired) electrons. The van der Waals surface area contributed by atoms with Crippen LogP contribution in [0, 0.1) is 13.8 Å². The number of aryl methyl sites for hydroxylation is 2. The minimum absolute atomic E-state index is 0.144. The number of pyridine rings is 1. The number of hydrogen-bond donors (Lipinski definition) is 2. The van der Waals surface area contributed by atoms with Gasteiger partial charge in [-0.15, -0.1) is 0 Å². The van der Waals surface area contributed by atoms with Crippen LogP contribution in [0.3, 0.4) is 0 Å². The number of carbonyl (C=O) groups excluding carboxylic acids is 1. The van der Waals surface area contributed by atoms with E-state index in [9.17, 15) is 4.79 Å². The number of hydrogen-bond acceptors (Lipinski definition) is 5. The summed E-state index contributed by atoms with van der Waals surface area (Å²) in [6, 6.07) is 9.61. The van der Waals surface area contributed by atoms with Gasteiger partial charge in [0.2, 0.25) is 0 Å². The molecule has 2 heterocycles. The molecule has 2 N–H and O–H groups in total. The summed E-state index contributed by atoms with van der Waals surface area (Å²) < 4.78 is 5.34. The van der Waals surface area contributed by atoms with E-state index in [1.807, 2.05) is 38.1 Å². The first kappa shape index (κ1) is 18.4. The quantitative estimate of drug-likeness (QED) is 0.835. The van der Waals surface area contributed by atoms with Gasteiger partial charge in [0, 0.05) is 38.1 Å². The van der Waals surface area contributed by atoms with E-state index in [1.165, 1.54) is 0 Å². The maximum atomic E-state index is 12.5. The van der Waals surface area contributed by atoms with Crippen molar-refractivity contribution in [3.8, 4) is 0 Å². The summed E-state index contributed by atoms with van der Waals surface area (Å²) in [5, 5.41) is 6.28. The van der Waals surface area contributed by atoms with Crippen molar-refractivity contribution >= 4 is 17.4 Å². The van der Waals surface area contributed by atoms with Gasteiger partial charge in [-0.25, -0.2) is 4.98 Å². The SMILES string of the molecule is Cc1cccc(C)c1NC(=O)c1ccc(NCCN2CCOCC2)nc1. The fourth-order valence-corrected chi connectivity index (χ4v) is 3.00. The van der Waals surface area contributed by atoms with E-state index in [2.05, 4.69) is 20.5 Å². The molecule has 1 aliphatic heterocycles. The summed E-state index contributed by atoms with van der Waals surface area (Å²) in [4.78, 5) is 19.2. The summed E-state index contributed by atoms with van der Waals surface area (Å²) in [7, 11) is 0. The average molecular weight is 354 g/mol. The van der Waals surface area contributed by atoms with Gasteiger partial charge < -0.3 is 15.4 Å². The lowest BCUT2D eigenvalue weighted by molar-refractivity contribution is 0.0398. The highest BCUT2D eigenvalue weighted by atomic mass is 16.5. The van der Waals surface area contributed by atoms with Crippen molar-refractivity contribution in [2.45, 2.75) is 13.8 Å². The van der Waals surface area contributed by atoms with Crippen LogP contribution >= 0.6 is 0 Å². The molecule has 1 amide bonds. The first-order valence-corrected chi connectivity index (χ1v) is 9.01. The predicted molar refractivity (Wildman–Crippen MR) is 104 cm³/mol. The summed E-state index contributed by atoms with van der Waals surface area (Å²) in [6.45, 7) is 9.33. The molecule has 6 nitrogen and oxygen atoms in total. The van der Waals surface area contributed by atoms with Gasteiger partial charge in [-0.05, 0) is 37.1 Å². The maximum absolute atomic E-state index is 12.5. The second-order valence-electron chi connectivity index (χ2n) is 6.53. The van der Waals surface area contributed by atoms with E-state index in [0.717, 1.165) is 62.0 Å². The Hall–Kier alpha value is -2.44. The highest BCUT2D eigenvalue weighted by Gasteiger charge is 2.11. The number of ether oxygens (including phenoxy) is 1. The molecule has 0 unspecified atom stereocenters. The van der Waals surface area contributed by atoms with Crippen LogP contribution in [0.1, 0.15) is 21.5 Å². The van der Waals surface area contributed by atoms with E-state index >= 15 is 0 Å². The number of aromatic nitrogens is 1. The fraction of sp³-hybridized carbons (Fsp3) is 0.400. The third-order valence-corrected chi connectivity index (χ3v) is 4.58. The van der Waals surface area contributed by atoms with E-state index in [4.69, 9.17) is 4.74 Å². The van der Waals surface area contributed by atoms with Crippen LogP contribution in [0.2, 0.25) is 0 Å². The molecule has 6 heteroatoms. The lowest BCUT2D eigenvalue weighted by Crippen LogP contribution is -2.39. The number of morpholine rings is 1. The van der Waals surface area contributed by atoms with E-state index in [1.54, 1.807) is 12.3 Å². The maximum Gasteiger partial charge on any atom is 0.257 e. The molecule has 0 aliphatic carbocycles. The van der Waals surface area contributed by atoms with Gasteiger partial charge in [0.25, 0.3) is 5.91 Å². The Labute approximate surface area is 154 Å². The molecule has 3 rings (SSSR count). The first-order chi connectivity index (χ1) is 12.6. The predicted octanol–water partition coefficient (Wildman–Crippen LogP) is 2.69. The molecule has 26 heavy (non-hydrogen) atoms. The monoisotopic (exact) mass is 354 g/mol. The van der Waals surface area contributed by atoms with Crippen LogP contribution in [0.4, 0.5) is 11.5 Å². The van der Waals surface area contributed by atoms with Crippen molar-refractivity contribution in [1.82, 2.24) is 9.88 Å². The van der Waals surface area contributed by atoms with Crippen LogP contribution in [0.15, 0.2) is 36.5 Å². The third-order valence-electron chi connectivity index (χ3n) is 4.58. The van der Waals surface area contributed by atoms with Crippen molar-refractivity contribution in [3.63, 3.8) is 0 Å². The van der Waals surface area contributed by atoms with Gasteiger partial charge in [0.05, 0.1) is 18.8 Å². The third kappa shape index (κ3) is 4.80. The Kier molecular flexibility index (Phi) is 6.20. The van der Waals surface area contributed by atoms with Crippen molar-refractivity contribution < 1.29 is 9.53 Å². The molecule has 2 aromatic rings. The van der Waals surface area contributed by atoms with Gasteiger partial charge in [-0.3, -0.25) is 9.69 Å². The number of anilines is 2. The number of para-hydroxylation sites is 1. The minimum atomic E-state index is -0.144. The highest BCUT2D eigenvalue weighted by Crippen LogP contribution is 2.20. The number of amides is 1. The Morgan fingerprint density at radius 1 is 1.15 bits per heavy atom. The number of nitrogens with zero attached hydrogens (tertiary/aromatic N) is 2. The van der Waals surface area contributed by atoms with Crippen LogP contribution in [0.25, 0.3) is 0 Å².